The van der Waals surface area contributed by atoms with Gasteiger partial charge in [-0.15, -0.1) is 11.8 Å². The lowest BCUT2D eigenvalue weighted by atomic mass is 10.0. The van der Waals surface area contributed by atoms with Crippen molar-refractivity contribution >= 4 is 39.3 Å². The molecule has 11 heteroatoms. The Hall–Kier alpha value is -1.66. The highest BCUT2D eigenvalue weighted by molar-refractivity contribution is 8.00. The Morgan fingerprint density at radius 2 is 1.73 bits per heavy atom. The van der Waals surface area contributed by atoms with Crippen LogP contribution in [0.1, 0.15) is 32.1 Å². The van der Waals surface area contributed by atoms with E-state index in [9.17, 15) is 18.0 Å². The molecule has 0 unspecified atom stereocenters. The average Bonchev–Trinajstić information content (AvgIpc) is 3.29. The molecular formula is C22H29N3O6S2. The van der Waals surface area contributed by atoms with Crippen LogP contribution in [0.3, 0.4) is 0 Å². The van der Waals surface area contributed by atoms with Crippen LogP contribution < -0.4 is 4.90 Å². The summed E-state index contributed by atoms with van der Waals surface area (Å²) in [6.45, 7) is 3.09. The molecule has 1 aromatic carbocycles. The van der Waals surface area contributed by atoms with Gasteiger partial charge in [-0.1, -0.05) is 6.42 Å². The number of anilines is 1. The maximum Gasteiger partial charge on any atom is 0.243 e. The van der Waals surface area contributed by atoms with E-state index in [1.807, 2.05) is 0 Å². The number of piperidine rings is 2. The minimum atomic E-state index is -3.64. The monoisotopic (exact) mass is 495 g/mol. The van der Waals surface area contributed by atoms with Gasteiger partial charge in [-0.3, -0.25) is 9.59 Å². The van der Waals surface area contributed by atoms with Gasteiger partial charge in [-0.05, 0) is 31.0 Å². The van der Waals surface area contributed by atoms with Crippen LogP contribution in [0.25, 0.3) is 0 Å². The van der Waals surface area contributed by atoms with Crippen LogP contribution >= 0.6 is 11.8 Å². The summed E-state index contributed by atoms with van der Waals surface area (Å²) < 4.78 is 39.3. The number of carbonyl (C=O) groups is 2. The van der Waals surface area contributed by atoms with Crippen LogP contribution in [0.2, 0.25) is 0 Å². The number of benzene rings is 1. The molecular weight excluding hydrogens is 466 g/mol. The number of fused-ring (bicyclic) bond motifs is 1. The van der Waals surface area contributed by atoms with Gasteiger partial charge in [0.15, 0.2) is 5.79 Å². The molecule has 0 atom stereocenters. The summed E-state index contributed by atoms with van der Waals surface area (Å²) in [4.78, 5) is 30.0. The summed E-state index contributed by atoms with van der Waals surface area (Å²) >= 11 is 1.37. The highest BCUT2D eigenvalue weighted by Crippen LogP contribution is 2.38. The largest absolute Gasteiger partial charge is 0.347 e. The first-order valence-electron chi connectivity index (χ1n) is 11.5. The van der Waals surface area contributed by atoms with Crippen molar-refractivity contribution in [1.82, 2.24) is 9.21 Å². The zero-order valence-corrected chi connectivity index (χ0v) is 20.2. The number of thioether (sulfide) groups is 1. The van der Waals surface area contributed by atoms with Crippen molar-refractivity contribution in [2.45, 2.75) is 47.7 Å². The Kier molecular flexibility index (Phi) is 6.43. The Balaban J connectivity index is 1.33. The first-order valence-corrected chi connectivity index (χ1v) is 13.9. The van der Waals surface area contributed by atoms with Crippen molar-refractivity contribution in [3.05, 3.63) is 18.2 Å². The SMILES string of the molecule is O=C(CN1C(=O)CSc2ccc(S(=O)(=O)N3CCCCC3)cc21)N1CCC2(CC1)OCCO2. The Labute approximate surface area is 198 Å². The van der Waals surface area contributed by atoms with Gasteiger partial charge < -0.3 is 19.3 Å². The normalized spacial score (nSPS) is 23.7. The summed E-state index contributed by atoms with van der Waals surface area (Å²) in [7, 11) is -3.64. The van der Waals surface area contributed by atoms with Crippen molar-refractivity contribution in [2.24, 2.45) is 0 Å². The first-order chi connectivity index (χ1) is 15.9. The first kappa shape index (κ1) is 23.1. The fraction of sp³-hybridized carbons (Fsp3) is 0.636. The Morgan fingerprint density at radius 3 is 2.42 bits per heavy atom. The van der Waals surface area contributed by atoms with E-state index >= 15 is 0 Å². The van der Waals surface area contributed by atoms with E-state index in [1.54, 1.807) is 23.1 Å². The number of rotatable bonds is 4. The summed E-state index contributed by atoms with van der Waals surface area (Å²) in [5.41, 5.74) is 0.499. The van der Waals surface area contributed by atoms with E-state index in [2.05, 4.69) is 0 Å². The fourth-order valence-electron chi connectivity index (χ4n) is 4.89. The summed E-state index contributed by atoms with van der Waals surface area (Å²) in [6, 6.07) is 4.92. The van der Waals surface area contributed by atoms with E-state index < -0.39 is 15.8 Å². The van der Waals surface area contributed by atoms with Gasteiger partial charge >= 0.3 is 0 Å². The smallest absolute Gasteiger partial charge is 0.243 e. The van der Waals surface area contributed by atoms with Crippen LogP contribution in [-0.4, -0.2) is 86.9 Å². The van der Waals surface area contributed by atoms with Crippen molar-refractivity contribution in [2.75, 3.05) is 56.6 Å². The van der Waals surface area contributed by atoms with Crippen LogP contribution in [0.5, 0.6) is 0 Å². The number of sulfonamides is 1. The number of hydrogen-bond donors (Lipinski definition) is 0. The predicted octanol–water partition coefficient (Wildman–Crippen LogP) is 1.67. The molecule has 4 aliphatic heterocycles. The van der Waals surface area contributed by atoms with Gasteiger partial charge in [0, 0.05) is 43.9 Å². The van der Waals surface area contributed by atoms with Gasteiger partial charge in [0.05, 0.1) is 29.5 Å². The summed E-state index contributed by atoms with van der Waals surface area (Å²) in [5.74, 6) is -0.690. The predicted molar refractivity (Wildman–Crippen MR) is 123 cm³/mol. The molecule has 0 N–H and O–H groups in total. The molecule has 1 aromatic rings. The Bertz CT molecular complexity index is 1020. The third-order valence-electron chi connectivity index (χ3n) is 6.81. The number of likely N-dealkylation sites (tertiary alicyclic amines) is 1. The summed E-state index contributed by atoms with van der Waals surface area (Å²) in [5, 5.41) is 0. The molecule has 0 bridgehead atoms. The van der Waals surface area contributed by atoms with Gasteiger partial charge in [0.1, 0.15) is 6.54 Å². The molecule has 180 valence electrons. The van der Waals surface area contributed by atoms with Crippen LogP contribution in [0.15, 0.2) is 28.0 Å². The highest BCUT2D eigenvalue weighted by atomic mass is 32.2. The molecule has 5 rings (SSSR count). The topological polar surface area (TPSA) is 96.5 Å². The van der Waals surface area contributed by atoms with E-state index in [-0.39, 0.29) is 29.0 Å². The Morgan fingerprint density at radius 1 is 1.03 bits per heavy atom. The molecule has 4 heterocycles. The maximum absolute atomic E-state index is 13.2. The lowest BCUT2D eigenvalue weighted by molar-refractivity contribution is -0.187. The zero-order chi connectivity index (χ0) is 23.1. The van der Waals surface area contributed by atoms with Crippen molar-refractivity contribution in [3.63, 3.8) is 0 Å². The highest BCUT2D eigenvalue weighted by Gasteiger charge is 2.41. The van der Waals surface area contributed by atoms with Crippen LogP contribution in [-0.2, 0) is 29.1 Å². The average molecular weight is 496 g/mol. The van der Waals surface area contributed by atoms with Crippen molar-refractivity contribution < 1.29 is 27.5 Å². The number of hydrogen-bond acceptors (Lipinski definition) is 7. The van der Waals surface area contributed by atoms with Gasteiger partial charge in [0.2, 0.25) is 21.8 Å². The van der Waals surface area contributed by atoms with Gasteiger partial charge in [-0.25, -0.2) is 8.42 Å². The molecule has 0 radical (unpaired) electrons. The maximum atomic E-state index is 13.2. The molecule has 1 spiro atoms. The van der Waals surface area contributed by atoms with E-state index in [1.165, 1.54) is 21.0 Å². The molecule has 3 saturated heterocycles. The lowest BCUT2D eigenvalue weighted by Crippen LogP contribution is -2.51. The second-order valence-electron chi connectivity index (χ2n) is 8.85. The summed E-state index contributed by atoms with van der Waals surface area (Å²) in [6.07, 6.45) is 3.96. The number of ether oxygens (including phenoxy) is 2. The number of amides is 2. The molecule has 4 aliphatic rings. The number of nitrogens with zero attached hydrogens (tertiary/aromatic N) is 3. The number of carbonyl (C=O) groups excluding carboxylic acids is 2. The van der Waals surface area contributed by atoms with Crippen LogP contribution in [0.4, 0.5) is 5.69 Å². The molecule has 0 aromatic heterocycles. The molecule has 0 saturated carbocycles. The second kappa shape index (κ2) is 9.18. The molecule has 33 heavy (non-hydrogen) atoms. The molecule has 0 aliphatic carbocycles. The minimum absolute atomic E-state index is 0.103. The minimum Gasteiger partial charge on any atom is -0.347 e. The molecule has 3 fully saturated rings. The third-order valence-corrected chi connectivity index (χ3v) is 9.75. The quantitative estimate of drug-likeness (QED) is 0.627. The standard InChI is InChI=1S/C22H29N3O6S2/c26-20(23-10-6-22(7-11-23)30-12-13-31-22)15-25-18-14-17(4-5-19(18)32-16-21(25)27)33(28,29)24-8-2-1-3-9-24/h4-5,14H,1-3,6-13,15-16H2. The second-order valence-corrected chi connectivity index (χ2v) is 11.8. The van der Waals surface area contributed by atoms with E-state index in [0.29, 0.717) is 57.9 Å². The van der Waals surface area contributed by atoms with Gasteiger partial charge in [0.25, 0.3) is 0 Å². The zero-order valence-electron chi connectivity index (χ0n) is 18.5. The van der Waals surface area contributed by atoms with E-state index in [0.717, 1.165) is 24.2 Å². The van der Waals surface area contributed by atoms with Crippen molar-refractivity contribution in [3.8, 4) is 0 Å². The lowest BCUT2D eigenvalue weighted by Gasteiger charge is -2.38. The molecule has 2 amide bonds. The fourth-order valence-corrected chi connectivity index (χ4v) is 7.34. The van der Waals surface area contributed by atoms with E-state index in [4.69, 9.17) is 9.47 Å². The molecule has 9 nitrogen and oxygen atoms in total. The van der Waals surface area contributed by atoms with Crippen molar-refractivity contribution in [1.29, 1.82) is 0 Å². The third kappa shape index (κ3) is 4.53. The van der Waals surface area contributed by atoms with Gasteiger partial charge in [-0.2, -0.15) is 4.31 Å². The van der Waals surface area contributed by atoms with Crippen LogP contribution in [0, 0.1) is 0 Å².